The molecule has 3 atom stereocenters. The Kier molecular flexibility index (Phi) is 3.98. The van der Waals surface area contributed by atoms with Crippen molar-refractivity contribution in [2.45, 2.75) is 43.1 Å². The van der Waals surface area contributed by atoms with Crippen molar-refractivity contribution >= 4 is 16.0 Å². The van der Waals surface area contributed by atoms with Crippen molar-refractivity contribution in [2.24, 2.45) is 5.92 Å². The molecule has 1 aliphatic heterocycles. The molecule has 0 amide bonds. The molecule has 126 valence electrons. The Morgan fingerprint density at radius 1 is 1.22 bits per heavy atom. The highest BCUT2D eigenvalue weighted by Gasteiger charge is 2.50. The van der Waals surface area contributed by atoms with E-state index in [0.29, 0.717) is 31.6 Å². The second kappa shape index (κ2) is 5.99. The van der Waals surface area contributed by atoms with Gasteiger partial charge in [0.15, 0.2) is 0 Å². The highest BCUT2D eigenvalue weighted by Crippen LogP contribution is 2.40. The predicted molar refractivity (Wildman–Crippen MR) is 85.4 cm³/mol. The van der Waals surface area contributed by atoms with Crippen molar-refractivity contribution in [1.29, 1.82) is 0 Å². The van der Waals surface area contributed by atoms with E-state index in [1.54, 1.807) is 22.8 Å². The maximum Gasteiger partial charge on any atom is 0.222 e. The first-order valence-corrected chi connectivity index (χ1v) is 9.80. The quantitative estimate of drug-likeness (QED) is 0.857. The molecule has 2 heterocycles. The molecule has 23 heavy (non-hydrogen) atoms. The van der Waals surface area contributed by atoms with Gasteiger partial charge in [0.2, 0.25) is 16.0 Å². The van der Waals surface area contributed by atoms with Crippen LogP contribution in [-0.2, 0) is 14.8 Å². The predicted octanol–water partition coefficient (Wildman–Crippen LogP) is 0.860. The van der Waals surface area contributed by atoms with Crippen molar-refractivity contribution in [3.8, 4) is 0 Å². The lowest BCUT2D eigenvalue weighted by molar-refractivity contribution is -0.0434. The van der Waals surface area contributed by atoms with Crippen LogP contribution >= 0.6 is 0 Å². The lowest BCUT2D eigenvalue weighted by Crippen LogP contribution is -2.53. The van der Waals surface area contributed by atoms with E-state index in [2.05, 4.69) is 15.3 Å². The van der Waals surface area contributed by atoms with Crippen LogP contribution in [0.3, 0.4) is 0 Å². The summed E-state index contributed by atoms with van der Waals surface area (Å²) in [6.45, 7) is 1.70. The topological polar surface area (TPSA) is 84.4 Å². The molecule has 1 N–H and O–H groups in total. The highest BCUT2D eigenvalue weighted by molar-refractivity contribution is 7.90. The van der Waals surface area contributed by atoms with E-state index < -0.39 is 10.0 Å². The Bertz CT molecular complexity index is 650. The summed E-state index contributed by atoms with van der Waals surface area (Å²) in [6, 6.07) is 1.78. The average Bonchev–Trinajstić information content (AvgIpc) is 3.35. The zero-order valence-corrected chi connectivity index (χ0v) is 13.8. The van der Waals surface area contributed by atoms with Crippen molar-refractivity contribution in [3.63, 3.8) is 0 Å². The summed E-state index contributed by atoms with van der Waals surface area (Å²) in [7, 11) is -3.13. The van der Waals surface area contributed by atoms with E-state index in [9.17, 15) is 8.42 Å². The van der Waals surface area contributed by atoms with Crippen molar-refractivity contribution in [1.82, 2.24) is 14.3 Å². The number of aromatic nitrogens is 2. The number of nitrogens with one attached hydrogen (secondary N) is 1. The fourth-order valence-electron chi connectivity index (χ4n) is 3.73. The molecule has 2 saturated carbocycles. The molecular weight excluding hydrogens is 316 g/mol. The molecule has 1 saturated heterocycles. The molecule has 4 rings (SSSR count). The molecule has 0 radical (unpaired) electrons. The van der Waals surface area contributed by atoms with Crippen LogP contribution in [0.5, 0.6) is 0 Å². The van der Waals surface area contributed by atoms with Crippen molar-refractivity contribution in [2.75, 3.05) is 25.0 Å². The summed E-state index contributed by atoms with van der Waals surface area (Å²) in [6.07, 6.45) is 6.85. The fraction of sp³-hybridized carbons (Fsp3) is 0.733. The smallest absolute Gasteiger partial charge is 0.222 e. The number of rotatable bonds is 5. The van der Waals surface area contributed by atoms with E-state index in [1.807, 2.05) is 0 Å². The normalized spacial score (nSPS) is 31.7. The Morgan fingerprint density at radius 3 is 2.74 bits per heavy atom. The number of fused-ring (bicyclic) bond motifs is 1. The lowest BCUT2D eigenvalue weighted by Gasteiger charge is -2.38. The standard InChI is InChI=1S/C15H22N4O3S/c20-23(21,12-3-4-12)19-8-9-22-14-11(2-5-13(14)19)10-18-15-16-6-1-7-17-15/h1,6-7,11-14H,2-5,8-10H2,(H,16,17,18)/t11-,13+,14+/m0/s1. The minimum absolute atomic E-state index is 0.00200. The summed E-state index contributed by atoms with van der Waals surface area (Å²) in [5, 5.41) is 3.10. The third-order valence-electron chi connectivity index (χ3n) is 5.03. The monoisotopic (exact) mass is 338 g/mol. The summed E-state index contributed by atoms with van der Waals surface area (Å²) < 4.78 is 32.9. The number of morpholine rings is 1. The number of anilines is 1. The van der Waals surface area contributed by atoms with Gasteiger partial charge >= 0.3 is 0 Å². The number of hydrogen-bond acceptors (Lipinski definition) is 6. The lowest BCUT2D eigenvalue weighted by atomic mass is 10.0. The first kappa shape index (κ1) is 15.3. The third-order valence-corrected chi connectivity index (χ3v) is 7.45. The molecule has 0 bridgehead atoms. The van der Waals surface area contributed by atoms with Gasteiger partial charge in [-0.15, -0.1) is 0 Å². The van der Waals surface area contributed by atoms with E-state index in [-0.39, 0.29) is 17.4 Å². The summed E-state index contributed by atoms with van der Waals surface area (Å²) in [5.74, 6) is 0.898. The molecule has 1 aromatic heterocycles. The van der Waals surface area contributed by atoms with Gasteiger partial charge in [-0.3, -0.25) is 0 Å². The molecule has 1 aromatic rings. The first-order valence-electron chi connectivity index (χ1n) is 8.29. The second-order valence-corrected chi connectivity index (χ2v) is 8.71. The van der Waals surface area contributed by atoms with Gasteiger partial charge in [-0.05, 0) is 31.7 Å². The molecule has 2 aliphatic carbocycles. The molecule has 0 spiro atoms. The number of hydrogen-bond donors (Lipinski definition) is 1. The van der Waals surface area contributed by atoms with Gasteiger partial charge in [-0.2, -0.15) is 4.31 Å². The maximum atomic E-state index is 12.6. The maximum absolute atomic E-state index is 12.6. The summed E-state index contributed by atoms with van der Waals surface area (Å²) in [5.41, 5.74) is 0. The van der Waals surface area contributed by atoms with Gasteiger partial charge in [0.1, 0.15) is 0 Å². The first-order chi connectivity index (χ1) is 11.2. The van der Waals surface area contributed by atoms with Crippen molar-refractivity contribution < 1.29 is 13.2 Å². The molecule has 8 heteroatoms. The Balaban J connectivity index is 1.43. The zero-order valence-electron chi connectivity index (χ0n) is 13.0. The van der Waals surface area contributed by atoms with E-state index >= 15 is 0 Å². The number of sulfonamides is 1. The molecular formula is C15H22N4O3S. The average molecular weight is 338 g/mol. The molecule has 0 aromatic carbocycles. The van der Waals surface area contributed by atoms with Gasteiger partial charge in [-0.1, -0.05) is 0 Å². The molecule has 0 unspecified atom stereocenters. The van der Waals surface area contributed by atoms with E-state index in [1.165, 1.54) is 0 Å². The van der Waals surface area contributed by atoms with Crippen LogP contribution in [0.25, 0.3) is 0 Å². The largest absolute Gasteiger partial charge is 0.375 e. The fourth-order valence-corrected chi connectivity index (χ4v) is 5.78. The Labute approximate surface area is 136 Å². The Morgan fingerprint density at radius 2 is 2.00 bits per heavy atom. The van der Waals surface area contributed by atoms with E-state index in [0.717, 1.165) is 25.7 Å². The highest BCUT2D eigenvalue weighted by atomic mass is 32.2. The SMILES string of the molecule is O=S(=O)(C1CC1)N1CCO[C@@H]2[C@H](CNc3ncccn3)CC[C@H]21. The van der Waals surface area contributed by atoms with Crippen LogP contribution in [-0.4, -0.2) is 59.8 Å². The van der Waals surface area contributed by atoms with Gasteiger partial charge in [0.05, 0.1) is 24.0 Å². The van der Waals surface area contributed by atoms with E-state index in [4.69, 9.17) is 4.74 Å². The van der Waals surface area contributed by atoms with Crippen LogP contribution in [0.15, 0.2) is 18.5 Å². The Hall–Kier alpha value is -1.25. The van der Waals surface area contributed by atoms with Gasteiger partial charge in [0.25, 0.3) is 0 Å². The van der Waals surface area contributed by atoms with Crippen molar-refractivity contribution in [3.05, 3.63) is 18.5 Å². The number of nitrogens with zero attached hydrogens (tertiary/aromatic N) is 3. The zero-order chi connectivity index (χ0) is 15.9. The molecule has 3 aliphatic rings. The van der Waals surface area contributed by atoms with Crippen LogP contribution in [0.4, 0.5) is 5.95 Å². The molecule has 7 nitrogen and oxygen atoms in total. The number of ether oxygens (including phenoxy) is 1. The molecule has 3 fully saturated rings. The van der Waals surface area contributed by atoms with Gasteiger partial charge in [0, 0.05) is 31.4 Å². The van der Waals surface area contributed by atoms with Crippen LogP contribution < -0.4 is 5.32 Å². The third kappa shape index (κ3) is 2.95. The minimum Gasteiger partial charge on any atom is -0.375 e. The van der Waals surface area contributed by atoms with Crippen LogP contribution in [0, 0.1) is 5.92 Å². The van der Waals surface area contributed by atoms with Gasteiger partial charge in [-0.25, -0.2) is 18.4 Å². The van der Waals surface area contributed by atoms with Crippen LogP contribution in [0.1, 0.15) is 25.7 Å². The second-order valence-electron chi connectivity index (χ2n) is 6.55. The van der Waals surface area contributed by atoms with Crippen LogP contribution in [0.2, 0.25) is 0 Å². The minimum atomic E-state index is -3.13. The summed E-state index contributed by atoms with van der Waals surface area (Å²) in [4.78, 5) is 8.32. The summed E-state index contributed by atoms with van der Waals surface area (Å²) >= 11 is 0. The van der Waals surface area contributed by atoms with Gasteiger partial charge < -0.3 is 10.1 Å².